The maximum absolute atomic E-state index is 8.60. The minimum atomic E-state index is -0.0581. The van der Waals surface area contributed by atoms with E-state index in [0.717, 1.165) is 19.4 Å². The lowest BCUT2D eigenvalue weighted by Gasteiger charge is -2.07. The summed E-state index contributed by atoms with van der Waals surface area (Å²) in [6, 6.07) is 0. The Kier molecular flexibility index (Phi) is 2.65. The average molecular weight is 146 g/mol. The van der Waals surface area contributed by atoms with Crippen LogP contribution in [-0.2, 0) is 4.74 Å². The van der Waals surface area contributed by atoms with Crippen LogP contribution in [0.3, 0.4) is 0 Å². The molecule has 0 radical (unpaired) electrons. The Balaban J connectivity index is 2.11. The van der Waals surface area contributed by atoms with Crippen molar-refractivity contribution < 1.29 is 14.9 Å². The zero-order valence-electron chi connectivity index (χ0n) is 6.05. The third-order valence-corrected chi connectivity index (χ3v) is 1.91. The molecule has 0 aliphatic carbocycles. The predicted octanol–water partition coefficient (Wildman–Crippen LogP) is -0.0897. The van der Waals surface area contributed by atoms with Crippen molar-refractivity contribution in [2.45, 2.75) is 24.9 Å². The molecular formula is C7H14O3. The largest absolute Gasteiger partial charge is 0.396 e. The van der Waals surface area contributed by atoms with E-state index in [1.165, 1.54) is 0 Å². The molecule has 0 amide bonds. The van der Waals surface area contributed by atoms with Crippen molar-refractivity contribution in [3.05, 3.63) is 0 Å². The number of hydrogen-bond acceptors (Lipinski definition) is 3. The van der Waals surface area contributed by atoms with Crippen LogP contribution >= 0.6 is 0 Å². The van der Waals surface area contributed by atoms with Crippen LogP contribution in [0.2, 0.25) is 0 Å². The van der Waals surface area contributed by atoms with E-state index in [2.05, 4.69) is 0 Å². The topological polar surface area (TPSA) is 53.0 Å². The molecule has 1 saturated heterocycles. The highest BCUT2D eigenvalue weighted by Gasteiger charge is 2.42. The van der Waals surface area contributed by atoms with Gasteiger partial charge in [-0.25, -0.2) is 0 Å². The summed E-state index contributed by atoms with van der Waals surface area (Å²) in [7, 11) is 0. The Morgan fingerprint density at radius 1 is 1.20 bits per heavy atom. The Morgan fingerprint density at radius 3 is 2.30 bits per heavy atom. The van der Waals surface area contributed by atoms with Gasteiger partial charge in [-0.3, -0.25) is 0 Å². The summed E-state index contributed by atoms with van der Waals surface area (Å²) < 4.78 is 5.17. The van der Waals surface area contributed by atoms with Crippen LogP contribution in [0.25, 0.3) is 0 Å². The third-order valence-electron chi connectivity index (χ3n) is 1.91. The molecule has 1 aliphatic heterocycles. The van der Waals surface area contributed by atoms with E-state index in [-0.39, 0.29) is 18.8 Å². The van der Waals surface area contributed by atoms with E-state index in [4.69, 9.17) is 14.9 Å². The highest BCUT2D eigenvalue weighted by molar-refractivity contribution is 4.91. The van der Waals surface area contributed by atoms with Crippen LogP contribution in [0.1, 0.15) is 19.3 Å². The van der Waals surface area contributed by atoms with Crippen LogP contribution in [0.15, 0.2) is 0 Å². The lowest BCUT2D eigenvalue weighted by atomic mass is 10.0. The molecule has 1 unspecified atom stereocenters. The first-order valence-corrected chi connectivity index (χ1v) is 3.69. The maximum Gasteiger partial charge on any atom is 0.0939 e. The molecule has 1 rings (SSSR count). The van der Waals surface area contributed by atoms with Gasteiger partial charge in [0, 0.05) is 19.6 Å². The van der Waals surface area contributed by atoms with E-state index in [1.807, 2.05) is 0 Å². The van der Waals surface area contributed by atoms with Gasteiger partial charge < -0.3 is 14.9 Å². The van der Waals surface area contributed by atoms with E-state index in [1.54, 1.807) is 0 Å². The second-order valence-electron chi connectivity index (χ2n) is 2.77. The van der Waals surface area contributed by atoms with Crippen LogP contribution in [0, 0.1) is 0 Å². The average Bonchev–Trinajstić information content (AvgIpc) is 2.67. The summed E-state index contributed by atoms with van der Waals surface area (Å²) in [5.74, 6) is 0. The molecule has 0 aromatic carbocycles. The lowest BCUT2D eigenvalue weighted by molar-refractivity contribution is 0.190. The highest BCUT2D eigenvalue weighted by atomic mass is 16.6. The first kappa shape index (κ1) is 7.98. The molecule has 1 heterocycles. The monoisotopic (exact) mass is 146 g/mol. The molecule has 1 fully saturated rings. The van der Waals surface area contributed by atoms with Crippen LogP contribution < -0.4 is 0 Å². The summed E-state index contributed by atoms with van der Waals surface area (Å²) in [5.41, 5.74) is -0.0581. The van der Waals surface area contributed by atoms with E-state index >= 15 is 0 Å². The number of aliphatic hydroxyl groups excluding tert-OH is 2. The van der Waals surface area contributed by atoms with Gasteiger partial charge in [-0.15, -0.1) is 0 Å². The van der Waals surface area contributed by atoms with Crippen molar-refractivity contribution in [2.75, 3.05) is 19.8 Å². The smallest absolute Gasteiger partial charge is 0.0939 e. The fourth-order valence-corrected chi connectivity index (χ4v) is 1.12. The zero-order chi connectivity index (χ0) is 7.45. The molecule has 3 heteroatoms. The SMILES string of the molecule is OCCCC1(CCO)CO1. The van der Waals surface area contributed by atoms with Gasteiger partial charge in [-0.2, -0.15) is 0 Å². The van der Waals surface area contributed by atoms with Gasteiger partial charge in [-0.05, 0) is 12.8 Å². The first-order valence-electron chi connectivity index (χ1n) is 3.69. The van der Waals surface area contributed by atoms with Crippen LogP contribution in [-0.4, -0.2) is 35.6 Å². The molecular weight excluding hydrogens is 132 g/mol. The Morgan fingerprint density at radius 2 is 1.90 bits per heavy atom. The zero-order valence-corrected chi connectivity index (χ0v) is 6.05. The predicted molar refractivity (Wildman–Crippen MR) is 36.7 cm³/mol. The summed E-state index contributed by atoms with van der Waals surface area (Å²) in [5, 5.41) is 17.1. The van der Waals surface area contributed by atoms with Gasteiger partial charge in [0.1, 0.15) is 0 Å². The van der Waals surface area contributed by atoms with Crippen molar-refractivity contribution in [2.24, 2.45) is 0 Å². The minimum Gasteiger partial charge on any atom is -0.396 e. The maximum atomic E-state index is 8.60. The summed E-state index contributed by atoms with van der Waals surface area (Å²) >= 11 is 0. The fraction of sp³-hybridized carbons (Fsp3) is 1.00. The van der Waals surface area contributed by atoms with Crippen molar-refractivity contribution >= 4 is 0 Å². The number of epoxide rings is 1. The van der Waals surface area contributed by atoms with Crippen LogP contribution in [0.4, 0.5) is 0 Å². The minimum absolute atomic E-state index is 0.0581. The van der Waals surface area contributed by atoms with Gasteiger partial charge in [-0.1, -0.05) is 0 Å². The van der Waals surface area contributed by atoms with Gasteiger partial charge in [0.25, 0.3) is 0 Å². The molecule has 3 nitrogen and oxygen atoms in total. The standard InChI is InChI=1S/C7H14O3/c8-4-1-2-7(3-5-9)6-10-7/h8-9H,1-6H2. The molecule has 0 bridgehead atoms. The number of rotatable bonds is 5. The summed E-state index contributed by atoms with van der Waals surface area (Å²) in [6.07, 6.45) is 2.37. The van der Waals surface area contributed by atoms with E-state index < -0.39 is 0 Å². The van der Waals surface area contributed by atoms with Crippen LogP contribution in [0.5, 0.6) is 0 Å². The number of hydrogen-bond donors (Lipinski definition) is 2. The number of ether oxygens (including phenoxy) is 1. The molecule has 0 aromatic heterocycles. The Hall–Kier alpha value is -0.120. The van der Waals surface area contributed by atoms with Crippen molar-refractivity contribution in [3.8, 4) is 0 Å². The van der Waals surface area contributed by atoms with Gasteiger partial charge in [0.05, 0.1) is 12.2 Å². The second kappa shape index (κ2) is 3.32. The van der Waals surface area contributed by atoms with Crippen molar-refractivity contribution in [1.82, 2.24) is 0 Å². The summed E-state index contributed by atoms with van der Waals surface area (Å²) in [6.45, 7) is 1.16. The molecule has 0 saturated carbocycles. The normalized spacial score (nSPS) is 30.6. The molecule has 0 spiro atoms. The van der Waals surface area contributed by atoms with Gasteiger partial charge in [0.15, 0.2) is 0 Å². The Bertz CT molecular complexity index is 99.0. The number of aliphatic hydroxyl groups is 2. The Labute approximate surface area is 60.6 Å². The molecule has 0 aromatic rings. The van der Waals surface area contributed by atoms with Gasteiger partial charge >= 0.3 is 0 Å². The molecule has 1 aliphatic rings. The van der Waals surface area contributed by atoms with Crippen molar-refractivity contribution in [1.29, 1.82) is 0 Å². The lowest BCUT2D eigenvalue weighted by Crippen LogP contribution is -2.13. The fourth-order valence-electron chi connectivity index (χ4n) is 1.12. The molecule has 2 N–H and O–H groups in total. The molecule has 60 valence electrons. The van der Waals surface area contributed by atoms with E-state index in [0.29, 0.717) is 6.42 Å². The second-order valence-corrected chi connectivity index (χ2v) is 2.77. The van der Waals surface area contributed by atoms with Crippen molar-refractivity contribution in [3.63, 3.8) is 0 Å². The van der Waals surface area contributed by atoms with E-state index in [9.17, 15) is 0 Å². The highest BCUT2D eigenvalue weighted by Crippen LogP contribution is 2.35. The third kappa shape index (κ3) is 1.94. The molecule has 1 atom stereocenters. The molecule has 10 heavy (non-hydrogen) atoms. The summed E-state index contributed by atoms with van der Waals surface area (Å²) in [4.78, 5) is 0. The first-order chi connectivity index (χ1) is 4.83. The van der Waals surface area contributed by atoms with Gasteiger partial charge in [0.2, 0.25) is 0 Å². The quantitative estimate of drug-likeness (QED) is 0.533.